The lowest BCUT2D eigenvalue weighted by molar-refractivity contribution is -0.00689. The van der Waals surface area contributed by atoms with Crippen LogP contribution in [0.1, 0.15) is 55.5 Å². The van der Waals surface area contributed by atoms with E-state index in [1.54, 1.807) is 11.3 Å². The van der Waals surface area contributed by atoms with E-state index in [2.05, 4.69) is 22.5 Å². The summed E-state index contributed by atoms with van der Waals surface area (Å²) in [4.78, 5) is 20.0. The largest absolute Gasteiger partial charge is 0.325 e. The van der Waals surface area contributed by atoms with Gasteiger partial charge in [0.15, 0.2) is 0 Å². The van der Waals surface area contributed by atoms with Gasteiger partial charge in [0.05, 0.1) is 5.69 Å². The fourth-order valence-corrected chi connectivity index (χ4v) is 7.84. The average molecular weight is 428 g/mol. The van der Waals surface area contributed by atoms with Gasteiger partial charge in [-0.25, -0.2) is 4.98 Å². The zero-order valence-corrected chi connectivity index (χ0v) is 18.5. The van der Waals surface area contributed by atoms with Gasteiger partial charge < -0.3 is 4.98 Å². The fraction of sp³-hybridized carbons (Fsp3) is 0.423. The minimum atomic E-state index is -0.332. The summed E-state index contributed by atoms with van der Waals surface area (Å²) in [7, 11) is 0. The average Bonchev–Trinajstić information content (AvgIpc) is 3.24. The van der Waals surface area contributed by atoms with E-state index in [4.69, 9.17) is 4.98 Å². The summed E-state index contributed by atoms with van der Waals surface area (Å²) in [6.07, 6.45) is 8.35. The number of thiazole rings is 1. The van der Waals surface area contributed by atoms with E-state index in [9.17, 15) is 10.1 Å². The summed E-state index contributed by atoms with van der Waals surface area (Å²) >= 11 is 1.75. The molecule has 1 N–H and O–H groups in total. The Morgan fingerprint density at radius 1 is 1.06 bits per heavy atom. The summed E-state index contributed by atoms with van der Waals surface area (Å²) in [6, 6.07) is 12.0. The van der Waals surface area contributed by atoms with Gasteiger partial charge in [-0.1, -0.05) is 24.3 Å². The van der Waals surface area contributed by atoms with Crippen LogP contribution < -0.4 is 5.56 Å². The number of aryl methyl sites for hydroxylation is 1. The molecule has 0 amide bonds. The molecule has 4 fully saturated rings. The smallest absolute Gasteiger partial charge is 0.266 e. The van der Waals surface area contributed by atoms with Crippen LogP contribution in [0.2, 0.25) is 0 Å². The Kier molecular flexibility index (Phi) is 4.23. The van der Waals surface area contributed by atoms with Crippen molar-refractivity contribution in [2.24, 2.45) is 17.8 Å². The molecule has 0 saturated heterocycles. The van der Waals surface area contributed by atoms with Crippen molar-refractivity contribution in [1.82, 2.24) is 9.97 Å². The van der Waals surface area contributed by atoms with Crippen molar-refractivity contribution < 1.29 is 0 Å². The number of aromatic amines is 1. The number of H-pyrrole nitrogens is 1. The van der Waals surface area contributed by atoms with E-state index in [-0.39, 0.29) is 11.1 Å². The van der Waals surface area contributed by atoms with Gasteiger partial charge in [-0.3, -0.25) is 4.79 Å². The van der Waals surface area contributed by atoms with Crippen molar-refractivity contribution in [3.63, 3.8) is 0 Å². The first kappa shape index (κ1) is 19.0. The van der Waals surface area contributed by atoms with E-state index in [1.807, 2.05) is 31.2 Å². The zero-order valence-electron chi connectivity index (χ0n) is 17.6. The number of hydrogen-bond donors (Lipinski definition) is 1. The van der Waals surface area contributed by atoms with Crippen molar-refractivity contribution in [1.29, 1.82) is 5.26 Å². The van der Waals surface area contributed by atoms with Crippen molar-refractivity contribution in [2.75, 3.05) is 0 Å². The lowest BCUT2D eigenvalue weighted by Crippen LogP contribution is -2.48. The van der Waals surface area contributed by atoms with E-state index in [0.29, 0.717) is 11.0 Å². The number of benzene rings is 1. The molecule has 0 radical (unpaired) electrons. The Balaban J connectivity index is 1.31. The molecule has 4 bridgehead atoms. The molecule has 2 aromatic heterocycles. The van der Waals surface area contributed by atoms with Gasteiger partial charge in [-0.15, -0.1) is 11.3 Å². The molecule has 7 rings (SSSR count). The number of pyridine rings is 1. The van der Waals surface area contributed by atoms with Crippen LogP contribution in [0, 0.1) is 36.0 Å². The lowest BCUT2D eigenvalue weighted by atomic mass is 9.49. The molecular weight excluding hydrogens is 402 g/mol. The molecule has 0 spiro atoms. The zero-order chi connectivity index (χ0) is 21.2. The van der Waals surface area contributed by atoms with Crippen LogP contribution in [-0.2, 0) is 5.41 Å². The summed E-state index contributed by atoms with van der Waals surface area (Å²) in [6.45, 7) is 1.84. The quantitative estimate of drug-likeness (QED) is 0.573. The second kappa shape index (κ2) is 6.90. The second-order valence-electron chi connectivity index (χ2n) is 10.00. The van der Waals surface area contributed by atoms with Crippen LogP contribution in [0.5, 0.6) is 0 Å². The predicted octanol–water partition coefficient (Wildman–Crippen LogP) is 5.81. The maximum absolute atomic E-state index is 12.1. The van der Waals surface area contributed by atoms with E-state index < -0.39 is 0 Å². The number of aromatic nitrogens is 2. The molecule has 156 valence electrons. The van der Waals surface area contributed by atoms with Crippen molar-refractivity contribution in [2.45, 2.75) is 50.9 Å². The van der Waals surface area contributed by atoms with Gasteiger partial charge in [-0.05, 0) is 74.8 Å². The van der Waals surface area contributed by atoms with Crippen LogP contribution >= 0.6 is 11.3 Å². The van der Waals surface area contributed by atoms with Gasteiger partial charge in [0.1, 0.15) is 16.6 Å². The predicted molar refractivity (Wildman–Crippen MR) is 123 cm³/mol. The molecule has 1 aromatic carbocycles. The topological polar surface area (TPSA) is 69.5 Å². The van der Waals surface area contributed by atoms with Crippen LogP contribution in [0.25, 0.3) is 21.7 Å². The Morgan fingerprint density at radius 2 is 1.68 bits per heavy atom. The molecule has 0 aliphatic heterocycles. The number of nitrogens with zero attached hydrogens (tertiary/aromatic N) is 2. The summed E-state index contributed by atoms with van der Waals surface area (Å²) in [5, 5.41) is 12.8. The Morgan fingerprint density at radius 3 is 2.29 bits per heavy atom. The van der Waals surface area contributed by atoms with Crippen molar-refractivity contribution >= 4 is 11.3 Å². The highest BCUT2D eigenvalue weighted by Crippen LogP contribution is 2.60. The monoisotopic (exact) mass is 427 g/mol. The molecule has 0 atom stereocenters. The number of nitrogens with one attached hydrogen (secondary N) is 1. The van der Waals surface area contributed by atoms with Gasteiger partial charge in [0, 0.05) is 27.6 Å². The van der Waals surface area contributed by atoms with Crippen LogP contribution in [0.4, 0.5) is 0 Å². The Bertz CT molecular complexity index is 1230. The number of hydrogen-bond acceptors (Lipinski definition) is 4. The van der Waals surface area contributed by atoms with Crippen molar-refractivity contribution in [3.8, 4) is 27.8 Å². The third-order valence-corrected chi connectivity index (χ3v) is 8.70. The molecule has 3 aromatic rings. The molecule has 31 heavy (non-hydrogen) atoms. The SMILES string of the molecule is Cc1cc(-c2ccc(-c3nc(C45CC6CC(CC(C6)C4)C5)cs3)cc2)c(C#N)c(=O)[nH]1. The van der Waals surface area contributed by atoms with Crippen LogP contribution in [-0.4, -0.2) is 9.97 Å². The first-order chi connectivity index (χ1) is 15.0. The first-order valence-corrected chi connectivity index (χ1v) is 12.1. The van der Waals surface area contributed by atoms with Crippen LogP contribution in [0.3, 0.4) is 0 Å². The van der Waals surface area contributed by atoms with Gasteiger partial charge >= 0.3 is 0 Å². The Hall–Kier alpha value is -2.71. The summed E-state index contributed by atoms with van der Waals surface area (Å²) < 4.78 is 0. The molecule has 4 aliphatic carbocycles. The van der Waals surface area contributed by atoms with E-state index >= 15 is 0 Å². The maximum atomic E-state index is 12.1. The molecule has 4 nitrogen and oxygen atoms in total. The van der Waals surface area contributed by atoms with Gasteiger partial charge in [0.2, 0.25) is 0 Å². The lowest BCUT2D eigenvalue weighted by Gasteiger charge is -2.56. The van der Waals surface area contributed by atoms with Crippen LogP contribution in [0.15, 0.2) is 40.5 Å². The normalized spacial score (nSPS) is 28.6. The third kappa shape index (κ3) is 3.08. The molecular formula is C26H25N3OS. The summed E-state index contributed by atoms with van der Waals surface area (Å²) in [5.41, 5.74) is 4.91. The minimum absolute atomic E-state index is 0.164. The van der Waals surface area contributed by atoms with E-state index in [0.717, 1.165) is 39.6 Å². The molecule has 0 unspecified atom stereocenters. The second-order valence-corrected chi connectivity index (χ2v) is 10.9. The molecule has 4 aliphatic rings. The maximum Gasteiger partial charge on any atom is 0.266 e. The molecule has 2 heterocycles. The fourth-order valence-electron chi connectivity index (χ4n) is 6.89. The highest BCUT2D eigenvalue weighted by atomic mass is 32.1. The molecule has 5 heteroatoms. The molecule has 4 saturated carbocycles. The first-order valence-electron chi connectivity index (χ1n) is 11.2. The minimum Gasteiger partial charge on any atom is -0.325 e. The van der Waals surface area contributed by atoms with Gasteiger partial charge in [0.25, 0.3) is 5.56 Å². The standard InChI is InChI=1S/C26H25N3OS/c1-15-6-21(22(13-27)24(30)28-15)19-2-4-20(5-3-19)25-29-23(14-31-25)26-10-16-7-17(11-26)9-18(8-16)12-26/h2-6,14,16-18H,7-12H2,1H3,(H,28,30). The highest BCUT2D eigenvalue weighted by Gasteiger charge is 2.52. The summed E-state index contributed by atoms with van der Waals surface area (Å²) in [5.74, 6) is 2.76. The number of nitriles is 1. The van der Waals surface area contributed by atoms with E-state index in [1.165, 1.54) is 44.2 Å². The number of rotatable bonds is 3. The Labute approximate surface area is 186 Å². The van der Waals surface area contributed by atoms with Crippen molar-refractivity contribution in [3.05, 3.63) is 63.0 Å². The highest BCUT2D eigenvalue weighted by molar-refractivity contribution is 7.13. The van der Waals surface area contributed by atoms with Gasteiger partial charge in [-0.2, -0.15) is 5.26 Å². The third-order valence-electron chi connectivity index (χ3n) is 7.81.